The Morgan fingerprint density at radius 3 is 2.57 bits per heavy atom. The maximum absolute atomic E-state index is 13.0. The van der Waals surface area contributed by atoms with Crippen molar-refractivity contribution in [2.45, 2.75) is 12.5 Å². The lowest BCUT2D eigenvalue weighted by Gasteiger charge is -2.35. The Balaban J connectivity index is 2.35. The number of hydrogen-bond donors (Lipinski definition) is 1. The third-order valence-corrected chi connectivity index (χ3v) is 4.24. The van der Waals surface area contributed by atoms with Crippen LogP contribution in [0.5, 0.6) is 11.5 Å². The van der Waals surface area contributed by atoms with Crippen LogP contribution in [0.2, 0.25) is 5.02 Å². The molecule has 1 aromatic rings. The Hall–Kier alpha value is -1.04. The van der Waals surface area contributed by atoms with Gasteiger partial charge in [0.05, 0.1) is 25.9 Å². The van der Waals surface area contributed by atoms with E-state index < -0.39 is 0 Å². The van der Waals surface area contributed by atoms with Crippen LogP contribution in [0.25, 0.3) is 0 Å². The van der Waals surface area contributed by atoms with Gasteiger partial charge in [0.1, 0.15) is 0 Å². The number of piperazine rings is 1. The minimum absolute atomic E-state index is 0.0376. The SMILES string of the molecule is COc1ccc([C@@H](CCF)N2CCNCC2)c(Cl)c1OC. The van der Waals surface area contributed by atoms with Crippen LogP contribution in [0.4, 0.5) is 4.39 Å². The fraction of sp³-hybridized carbons (Fsp3) is 0.600. The van der Waals surface area contributed by atoms with Gasteiger partial charge in [-0.25, -0.2) is 0 Å². The number of rotatable bonds is 6. The van der Waals surface area contributed by atoms with Crippen molar-refractivity contribution in [3.63, 3.8) is 0 Å². The van der Waals surface area contributed by atoms with Crippen molar-refractivity contribution < 1.29 is 13.9 Å². The first-order valence-corrected chi connectivity index (χ1v) is 7.51. The molecule has 1 aliphatic heterocycles. The Kier molecular flexibility index (Phi) is 6.08. The summed E-state index contributed by atoms with van der Waals surface area (Å²) < 4.78 is 23.6. The number of nitrogens with one attached hydrogen (secondary N) is 1. The summed E-state index contributed by atoms with van der Waals surface area (Å²) in [6, 6.07) is 3.70. The largest absolute Gasteiger partial charge is 0.493 e. The first-order chi connectivity index (χ1) is 10.2. The van der Waals surface area contributed by atoms with Gasteiger partial charge in [-0.2, -0.15) is 0 Å². The van der Waals surface area contributed by atoms with Crippen LogP contribution in [-0.2, 0) is 0 Å². The number of methoxy groups -OCH3 is 2. The summed E-state index contributed by atoms with van der Waals surface area (Å²) in [4.78, 5) is 2.27. The smallest absolute Gasteiger partial charge is 0.179 e. The van der Waals surface area contributed by atoms with Gasteiger partial charge in [0, 0.05) is 32.2 Å². The second kappa shape index (κ2) is 7.82. The molecule has 0 radical (unpaired) electrons. The van der Waals surface area contributed by atoms with Crippen LogP contribution in [-0.4, -0.2) is 52.0 Å². The predicted octanol–water partition coefficient (Wildman–Crippen LogP) is 2.66. The molecule has 0 amide bonds. The minimum atomic E-state index is -0.376. The molecular weight excluding hydrogens is 295 g/mol. The van der Waals surface area contributed by atoms with Crippen molar-refractivity contribution in [2.75, 3.05) is 47.1 Å². The van der Waals surface area contributed by atoms with Crippen molar-refractivity contribution in [1.29, 1.82) is 0 Å². The van der Waals surface area contributed by atoms with Crippen LogP contribution in [0, 0.1) is 0 Å². The monoisotopic (exact) mass is 316 g/mol. The maximum atomic E-state index is 13.0. The average Bonchev–Trinajstić information content (AvgIpc) is 2.53. The van der Waals surface area contributed by atoms with Gasteiger partial charge in [-0.05, 0) is 18.1 Å². The van der Waals surface area contributed by atoms with Gasteiger partial charge in [-0.1, -0.05) is 17.7 Å². The molecule has 21 heavy (non-hydrogen) atoms. The van der Waals surface area contributed by atoms with Crippen molar-refractivity contribution in [1.82, 2.24) is 10.2 Å². The summed E-state index contributed by atoms with van der Waals surface area (Å²) in [5.41, 5.74) is 0.897. The summed E-state index contributed by atoms with van der Waals surface area (Å²) in [5, 5.41) is 3.81. The summed E-state index contributed by atoms with van der Waals surface area (Å²) >= 11 is 6.47. The van der Waals surface area contributed by atoms with Crippen LogP contribution in [0.3, 0.4) is 0 Å². The fourth-order valence-corrected chi connectivity index (χ4v) is 3.15. The van der Waals surface area contributed by atoms with E-state index in [1.165, 1.54) is 0 Å². The number of benzene rings is 1. The van der Waals surface area contributed by atoms with E-state index in [2.05, 4.69) is 10.2 Å². The molecule has 1 aromatic carbocycles. The predicted molar refractivity (Wildman–Crippen MR) is 82.3 cm³/mol. The molecule has 1 aliphatic rings. The summed E-state index contributed by atoms with van der Waals surface area (Å²) in [5.74, 6) is 1.10. The van der Waals surface area contributed by atoms with Gasteiger partial charge in [0.15, 0.2) is 11.5 Å². The zero-order chi connectivity index (χ0) is 15.2. The molecular formula is C15H22ClFN2O2. The zero-order valence-electron chi connectivity index (χ0n) is 12.5. The second-order valence-corrected chi connectivity index (χ2v) is 5.36. The van der Waals surface area contributed by atoms with Gasteiger partial charge in [0.25, 0.3) is 0 Å². The van der Waals surface area contributed by atoms with Crippen molar-refractivity contribution in [3.05, 3.63) is 22.7 Å². The van der Waals surface area contributed by atoms with E-state index in [9.17, 15) is 4.39 Å². The molecule has 4 nitrogen and oxygen atoms in total. The molecule has 0 spiro atoms. The van der Waals surface area contributed by atoms with Gasteiger partial charge in [0.2, 0.25) is 0 Å². The van der Waals surface area contributed by atoms with E-state index in [1.807, 2.05) is 12.1 Å². The molecule has 0 aromatic heterocycles. The molecule has 0 saturated carbocycles. The second-order valence-electron chi connectivity index (χ2n) is 4.98. The lowest BCUT2D eigenvalue weighted by atomic mass is 10.0. The highest BCUT2D eigenvalue weighted by molar-refractivity contribution is 6.33. The number of nitrogens with zero attached hydrogens (tertiary/aromatic N) is 1. The fourth-order valence-electron chi connectivity index (χ4n) is 2.79. The number of hydrogen-bond acceptors (Lipinski definition) is 4. The van der Waals surface area contributed by atoms with Crippen molar-refractivity contribution in [3.8, 4) is 11.5 Å². The molecule has 0 aliphatic carbocycles. The number of alkyl halides is 1. The van der Waals surface area contributed by atoms with Crippen LogP contribution in [0.1, 0.15) is 18.0 Å². The van der Waals surface area contributed by atoms with E-state index in [0.717, 1.165) is 31.7 Å². The third-order valence-electron chi connectivity index (χ3n) is 3.85. The highest BCUT2D eigenvalue weighted by atomic mass is 35.5. The topological polar surface area (TPSA) is 33.7 Å². The molecule has 118 valence electrons. The lowest BCUT2D eigenvalue weighted by molar-refractivity contribution is 0.157. The number of halogens is 2. The third kappa shape index (κ3) is 3.59. The van der Waals surface area contributed by atoms with E-state index in [4.69, 9.17) is 21.1 Å². The maximum Gasteiger partial charge on any atom is 0.179 e. The number of ether oxygens (including phenoxy) is 2. The lowest BCUT2D eigenvalue weighted by Crippen LogP contribution is -2.45. The molecule has 1 N–H and O–H groups in total. The van der Waals surface area contributed by atoms with E-state index >= 15 is 0 Å². The zero-order valence-corrected chi connectivity index (χ0v) is 13.3. The molecule has 0 bridgehead atoms. The molecule has 1 fully saturated rings. The highest BCUT2D eigenvalue weighted by Crippen LogP contribution is 2.41. The molecule has 1 heterocycles. The summed E-state index contributed by atoms with van der Waals surface area (Å²) in [6.07, 6.45) is 0.426. The summed E-state index contributed by atoms with van der Waals surface area (Å²) in [7, 11) is 3.13. The van der Waals surface area contributed by atoms with E-state index in [-0.39, 0.29) is 12.7 Å². The van der Waals surface area contributed by atoms with Crippen LogP contribution in [0.15, 0.2) is 12.1 Å². The van der Waals surface area contributed by atoms with Gasteiger partial charge in [-0.3, -0.25) is 9.29 Å². The molecule has 1 atom stereocenters. The molecule has 0 unspecified atom stereocenters. The Labute approximate surface area is 130 Å². The first-order valence-electron chi connectivity index (χ1n) is 7.14. The normalized spacial score (nSPS) is 17.5. The van der Waals surface area contributed by atoms with Crippen LogP contribution < -0.4 is 14.8 Å². The van der Waals surface area contributed by atoms with Gasteiger partial charge < -0.3 is 14.8 Å². The highest BCUT2D eigenvalue weighted by Gasteiger charge is 2.26. The molecule has 1 saturated heterocycles. The van der Waals surface area contributed by atoms with Gasteiger partial charge >= 0.3 is 0 Å². The Bertz CT molecular complexity index is 467. The minimum Gasteiger partial charge on any atom is -0.493 e. The van der Waals surface area contributed by atoms with E-state index in [1.54, 1.807) is 14.2 Å². The Morgan fingerprint density at radius 2 is 2.00 bits per heavy atom. The molecule has 6 heteroatoms. The average molecular weight is 317 g/mol. The van der Waals surface area contributed by atoms with Crippen molar-refractivity contribution >= 4 is 11.6 Å². The standard InChI is InChI=1S/C15H22ClFN2O2/c1-20-13-4-3-11(14(16)15(13)21-2)12(5-6-17)19-9-7-18-8-10-19/h3-4,12,18H,5-10H2,1-2H3/t12-/m1/s1. The van der Waals surface area contributed by atoms with Crippen LogP contribution >= 0.6 is 11.6 Å². The summed E-state index contributed by atoms with van der Waals surface area (Å²) in [6.45, 7) is 3.21. The van der Waals surface area contributed by atoms with E-state index in [0.29, 0.717) is 22.9 Å². The Morgan fingerprint density at radius 1 is 1.29 bits per heavy atom. The van der Waals surface area contributed by atoms with Crippen molar-refractivity contribution in [2.24, 2.45) is 0 Å². The van der Waals surface area contributed by atoms with Gasteiger partial charge in [-0.15, -0.1) is 0 Å². The molecule has 2 rings (SSSR count). The quantitative estimate of drug-likeness (QED) is 0.875. The first kappa shape index (κ1) is 16.3.